The Morgan fingerprint density at radius 2 is 1.92 bits per heavy atom. The van der Waals surface area contributed by atoms with E-state index in [1.54, 1.807) is 0 Å². The molecule has 1 heterocycles. The van der Waals surface area contributed by atoms with Crippen LogP contribution in [0.2, 0.25) is 0 Å². The second kappa shape index (κ2) is 4.47. The molecule has 74 valence electrons. The number of nitrogens with zero attached hydrogens (tertiary/aromatic N) is 1. The zero-order chi connectivity index (χ0) is 9.84. The summed E-state index contributed by atoms with van der Waals surface area (Å²) in [5.74, 6) is 0. The van der Waals surface area contributed by atoms with Crippen molar-refractivity contribution >= 4 is 0 Å². The topological polar surface area (TPSA) is 25.2 Å². The molecule has 0 aliphatic carbocycles. The number of hydrogen-bond acceptors (Lipinski definition) is 1. The molecule has 0 saturated heterocycles. The summed E-state index contributed by atoms with van der Waals surface area (Å²) in [7, 11) is 0. The van der Waals surface area contributed by atoms with Crippen molar-refractivity contribution in [2.75, 3.05) is 0 Å². The van der Waals surface area contributed by atoms with Gasteiger partial charge in [-0.15, -0.1) is 0 Å². The van der Waals surface area contributed by atoms with Gasteiger partial charge in [0, 0.05) is 17.4 Å². The quantitative estimate of drug-likeness (QED) is 0.758. The average molecular weight is 181 g/mol. The van der Waals surface area contributed by atoms with Crippen LogP contribution in [0.15, 0.2) is 12.1 Å². The number of aliphatic hydroxyl groups is 1. The van der Waals surface area contributed by atoms with Gasteiger partial charge in [0.25, 0.3) is 0 Å². The molecule has 0 radical (unpaired) electrons. The SMILES string of the molecule is CCc1ccc(CO)n1C(C)CC. The number of hydrogen-bond donors (Lipinski definition) is 1. The maximum Gasteiger partial charge on any atom is 0.0833 e. The average Bonchev–Trinajstić information content (AvgIpc) is 2.59. The largest absolute Gasteiger partial charge is 0.390 e. The predicted molar refractivity (Wildman–Crippen MR) is 54.7 cm³/mol. The van der Waals surface area contributed by atoms with Gasteiger partial charge in [0.15, 0.2) is 0 Å². The number of rotatable bonds is 4. The van der Waals surface area contributed by atoms with Gasteiger partial charge < -0.3 is 9.67 Å². The molecule has 0 fully saturated rings. The molecule has 1 rings (SSSR count). The summed E-state index contributed by atoms with van der Waals surface area (Å²) in [6.07, 6.45) is 2.14. The minimum absolute atomic E-state index is 0.143. The zero-order valence-corrected chi connectivity index (χ0v) is 8.75. The minimum Gasteiger partial charge on any atom is -0.390 e. The van der Waals surface area contributed by atoms with Crippen molar-refractivity contribution in [3.63, 3.8) is 0 Å². The molecule has 0 aliphatic heterocycles. The lowest BCUT2D eigenvalue weighted by Gasteiger charge is -2.18. The van der Waals surface area contributed by atoms with Gasteiger partial charge >= 0.3 is 0 Å². The van der Waals surface area contributed by atoms with E-state index in [-0.39, 0.29) is 6.61 Å². The second-order valence-electron chi connectivity index (χ2n) is 3.45. The summed E-state index contributed by atoms with van der Waals surface area (Å²) in [6, 6.07) is 4.62. The zero-order valence-electron chi connectivity index (χ0n) is 8.75. The van der Waals surface area contributed by atoms with Crippen molar-refractivity contribution < 1.29 is 5.11 Å². The molecule has 0 bridgehead atoms. The Kier molecular flexibility index (Phi) is 3.55. The van der Waals surface area contributed by atoms with Crippen LogP contribution in [0.3, 0.4) is 0 Å². The standard InChI is InChI=1S/C11H19NO/c1-4-9(3)12-10(5-2)6-7-11(12)8-13/h6-7,9,13H,4-5,8H2,1-3H3. The number of aliphatic hydroxyl groups excluding tert-OH is 1. The Balaban J connectivity index is 3.04. The monoisotopic (exact) mass is 181 g/mol. The van der Waals surface area contributed by atoms with E-state index < -0.39 is 0 Å². The van der Waals surface area contributed by atoms with Crippen LogP contribution < -0.4 is 0 Å². The third-order valence-electron chi connectivity index (χ3n) is 2.64. The van der Waals surface area contributed by atoms with Crippen molar-refractivity contribution in [3.05, 3.63) is 23.5 Å². The van der Waals surface area contributed by atoms with Gasteiger partial charge in [-0.05, 0) is 31.9 Å². The number of aromatic nitrogens is 1. The third-order valence-corrected chi connectivity index (χ3v) is 2.64. The van der Waals surface area contributed by atoms with Crippen LogP contribution in [0, 0.1) is 0 Å². The molecule has 1 unspecified atom stereocenters. The molecule has 0 aromatic carbocycles. The highest BCUT2D eigenvalue weighted by Crippen LogP contribution is 2.19. The molecule has 1 atom stereocenters. The summed E-state index contributed by atoms with van der Waals surface area (Å²) < 4.78 is 2.25. The Morgan fingerprint density at radius 3 is 2.38 bits per heavy atom. The van der Waals surface area contributed by atoms with Crippen molar-refractivity contribution in [2.24, 2.45) is 0 Å². The molecule has 0 spiro atoms. The van der Waals surface area contributed by atoms with E-state index in [4.69, 9.17) is 5.11 Å². The van der Waals surface area contributed by atoms with Crippen LogP contribution in [-0.2, 0) is 13.0 Å². The second-order valence-corrected chi connectivity index (χ2v) is 3.45. The lowest BCUT2D eigenvalue weighted by molar-refractivity contribution is 0.265. The molecule has 0 aliphatic rings. The first kappa shape index (κ1) is 10.3. The summed E-state index contributed by atoms with van der Waals surface area (Å²) in [5, 5.41) is 9.15. The number of aryl methyl sites for hydroxylation is 1. The van der Waals surface area contributed by atoms with Crippen molar-refractivity contribution in [1.29, 1.82) is 0 Å². The normalized spacial score (nSPS) is 13.2. The molecular formula is C11H19NO. The highest BCUT2D eigenvalue weighted by Gasteiger charge is 2.10. The highest BCUT2D eigenvalue weighted by atomic mass is 16.3. The van der Waals surface area contributed by atoms with E-state index in [1.807, 2.05) is 6.07 Å². The first-order chi connectivity index (χ1) is 6.24. The molecule has 1 aromatic heterocycles. The molecule has 0 amide bonds. The van der Waals surface area contributed by atoms with E-state index in [0.717, 1.165) is 18.5 Å². The fraction of sp³-hybridized carbons (Fsp3) is 0.636. The van der Waals surface area contributed by atoms with E-state index in [9.17, 15) is 0 Å². The third kappa shape index (κ3) is 1.94. The fourth-order valence-corrected chi connectivity index (χ4v) is 1.70. The fourth-order valence-electron chi connectivity index (χ4n) is 1.70. The lowest BCUT2D eigenvalue weighted by Crippen LogP contribution is -2.10. The van der Waals surface area contributed by atoms with Crippen molar-refractivity contribution in [1.82, 2.24) is 4.57 Å². The summed E-state index contributed by atoms with van der Waals surface area (Å²) in [5.41, 5.74) is 2.35. The van der Waals surface area contributed by atoms with Gasteiger partial charge in [-0.25, -0.2) is 0 Å². The van der Waals surface area contributed by atoms with Gasteiger partial charge in [0.1, 0.15) is 0 Å². The summed E-state index contributed by atoms with van der Waals surface area (Å²) >= 11 is 0. The Morgan fingerprint density at radius 1 is 1.31 bits per heavy atom. The molecule has 13 heavy (non-hydrogen) atoms. The van der Waals surface area contributed by atoms with E-state index in [0.29, 0.717) is 6.04 Å². The summed E-state index contributed by atoms with van der Waals surface area (Å²) in [6.45, 7) is 6.66. The lowest BCUT2D eigenvalue weighted by atomic mass is 10.2. The van der Waals surface area contributed by atoms with E-state index >= 15 is 0 Å². The van der Waals surface area contributed by atoms with Crippen LogP contribution in [0.5, 0.6) is 0 Å². The van der Waals surface area contributed by atoms with Crippen LogP contribution >= 0.6 is 0 Å². The Hall–Kier alpha value is -0.760. The molecule has 1 N–H and O–H groups in total. The first-order valence-electron chi connectivity index (χ1n) is 5.04. The predicted octanol–water partition coefficient (Wildman–Crippen LogP) is 2.51. The van der Waals surface area contributed by atoms with Gasteiger partial charge in [0.2, 0.25) is 0 Å². The van der Waals surface area contributed by atoms with E-state index in [1.165, 1.54) is 5.69 Å². The van der Waals surface area contributed by atoms with Crippen molar-refractivity contribution in [3.8, 4) is 0 Å². The van der Waals surface area contributed by atoms with Crippen LogP contribution in [0.25, 0.3) is 0 Å². The summed E-state index contributed by atoms with van der Waals surface area (Å²) in [4.78, 5) is 0. The maximum absolute atomic E-state index is 9.15. The van der Waals surface area contributed by atoms with Gasteiger partial charge in [-0.1, -0.05) is 13.8 Å². The molecule has 2 heteroatoms. The minimum atomic E-state index is 0.143. The van der Waals surface area contributed by atoms with Gasteiger partial charge in [-0.2, -0.15) is 0 Å². The Labute approximate surface area is 80.2 Å². The van der Waals surface area contributed by atoms with Crippen LogP contribution in [-0.4, -0.2) is 9.67 Å². The van der Waals surface area contributed by atoms with Gasteiger partial charge in [-0.3, -0.25) is 0 Å². The van der Waals surface area contributed by atoms with Crippen molar-refractivity contribution in [2.45, 2.75) is 46.3 Å². The van der Waals surface area contributed by atoms with Gasteiger partial charge in [0.05, 0.1) is 6.61 Å². The maximum atomic E-state index is 9.15. The highest BCUT2D eigenvalue weighted by molar-refractivity contribution is 5.17. The molecular weight excluding hydrogens is 162 g/mol. The van der Waals surface area contributed by atoms with Crippen LogP contribution in [0.4, 0.5) is 0 Å². The Bertz CT molecular complexity index is 244. The first-order valence-corrected chi connectivity index (χ1v) is 5.04. The molecule has 2 nitrogen and oxygen atoms in total. The van der Waals surface area contributed by atoms with Crippen LogP contribution in [0.1, 0.15) is 44.6 Å². The molecule has 1 aromatic rings. The van der Waals surface area contributed by atoms with E-state index in [2.05, 4.69) is 31.4 Å². The smallest absolute Gasteiger partial charge is 0.0833 e. The molecule has 0 saturated carbocycles.